The van der Waals surface area contributed by atoms with Crippen LogP contribution in [0.1, 0.15) is 18.1 Å². The molecule has 0 radical (unpaired) electrons. The fourth-order valence-corrected chi connectivity index (χ4v) is 2.15. The summed E-state index contributed by atoms with van der Waals surface area (Å²) < 4.78 is 9.99. The number of benzene rings is 1. The highest BCUT2D eigenvalue weighted by Crippen LogP contribution is 2.37. The molecule has 5 nitrogen and oxygen atoms in total. The molecule has 0 bridgehead atoms. The largest absolute Gasteiger partial charge is 0.504 e. The Balaban J connectivity index is 2.07. The third kappa shape index (κ3) is 2.56. The van der Waals surface area contributed by atoms with Crippen LogP contribution in [0.15, 0.2) is 12.1 Å². The van der Waals surface area contributed by atoms with Gasteiger partial charge in [-0.25, -0.2) is 4.79 Å². The minimum Gasteiger partial charge on any atom is -0.504 e. The lowest BCUT2D eigenvalue weighted by Crippen LogP contribution is -2.19. The number of ether oxygens (including phenoxy) is 2. The molecule has 0 spiro atoms. The predicted octanol–water partition coefficient (Wildman–Crippen LogP) is 0.760. The van der Waals surface area contributed by atoms with Gasteiger partial charge in [-0.05, 0) is 31.4 Å². The smallest absolute Gasteiger partial charge is 0.344 e. The second-order valence-corrected chi connectivity index (χ2v) is 4.31. The van der Waals surface area contributed by atoms with E-state index in [1.54, 1.807) is 13.0 Å². The van der Waals surface area contributed by atoms with Crippen LogP contribution in [-0.2, 0) is 22.4 Å². The van der Waals surface area contributed by atoms with Gasteiger partial charge in [-0.2, -0.15) is 0 Å². The Morgan fingerprint density at radius 3 is 3.00 bits per heavy atom. The normalized spacial score (nSPS) is 17.3. The molecule has 0 aromatic heterocycles. The minimum absolute atomic E-state index is 0.0474. The van der Waals surface area contributed by atoms with Gasteiger partial charge in [0.15, 0.2) is 18.1 Å². The SMILES string of the molecule is CCOC(=O)COc1ccc2c(c1O)CC(N)C2. The first-order valence-corrected chi connectivity index (χ1v) is 5.99. The molecule has 0 amide bonds. The predicted molar refractivity (Wildman–Crippen MR) is 65.6 cm³/mol. The lowest BCUT2D eigenvalue weighted by molar-refractivity contribution is -0.145. The number of fused-ring (bicyclic) bond motifs is 1. The number of aromatic hydroxyl groups is 1. The van der Waals surface area contributed by atoms with Gasteiger partial charge in [-0.15, -0.1) is 0 Å². The van der Waals surface area contributed by atoms with E-state index in [-0.39, 0.29) is 18.4 Å². The molecule has 0 heterocycles. The zero-order valence-corrected chi connectivity index (χ0v) is 10.3. The Labute approximate surface area is 106 Å². The first-order valence-electron chi connectivity index (χ1n) is 5.99. The number of nitrogens with two attached hydrogens (primary N) is 1. The molecule has 1 aromatic carbocycles. The number of phenolic OH excluding ortho intramolecular Hbond substituents is 1. The van der Waals surface area contributed by atoms with Crippen LogP contribution >= 0.6 is 0 Å². The van der Waals surface area contributed by atoms with E-state index in [4.69, 9.17) is 15.2 Å². The Morgan fingerprint density at radius 2 is 2.28 bits per heavy atom. The lowest BCUT2D eigenvalue weighted by atomic mass is 10.1. The third-order valence-electron chi connectivity index (χ3n) is 2.94. The van der Waals surface area contributed by atoms with E-state index in [1.807, 2.05) is 6.07 Å². The number of rotatable bonds is 4. The van der Waals surface area contributed by atoms with Crippen molar-refractivity contribution in [2.45, 2.75) is 25.8 Å². The number of esters is 1. The quantitative estimate of drug-likeness (QED) is 0.772. The van der Waals surface area contributed by atoms with E-state index < -0.39 is 5.97 Å². The van der Waals surface area contributed by atoms with Crippen LogP contribution in [0.3, 0.4) is 0 Å². The molecule has 1 aliphatic carbocycles. The van der Waals surface area contributed by atoms with Crippen LogP contribution in [0.4, 0.5) is 0 Å². The molecule has 0 aliphatic heterocycles. The minimum atomic E-state index is -0.450. The number of carbonyl (C=O) groups excluding carboxylic acids is 1. The molecule has 1 atom stereocenters. The van der Waals surface area contributed by atoms with Crippen molar-refractivity contribution in [3.05, 3.63) is 23.3 Å². The summed E-state index contributed by atoms with van der Waals surface area (Å²) in [6.45, 7) is 1.84. The average molecular weight is 251 g/mol. The molecule has 2 rings (SSSR count). The molecule has 1 unspecified atom stereocenters. The highest BCUT2D eigenvalue weighted by molar-refractivity contribution is 5.71. The summed E-state index contributed by atoms with van der Waals surface area (Å²) in [6.07, 6.45) is 1.40. The Hall–Kier alpha value is -1.75. The van der Waals surface area contributed by atoms with E-state index in [9.17, 15) is 9.90 Å². The van der Waals surface area contributed by atoms with Crippen molar-refractivity contribution < 1.29 is 19.4 Å². The van der Waals surface area contributed by atoms with Gasteiger partial charge in [0.1, 0.15) is 0 Å². The standard InChI is InChI=1S/C13H17NO4/c1-2-17-12(15)7-18-11-4-3-8-5-9(14)6-10(8)13(11)16/h3-4,9,16H,2,5-7,14H2,1H3. The van der Waals surface area contributed by atoms with Crippen LogP contribution in [0.2, 0.25) is 0 Å². The topological polar surface area (TPSA) is 81.8 Å². The molecule has 18 heavy (non-hydrogen) atoms. The molecular weight excluding hydrogens is 234 g/mol. The highest BCUT2D eigenvalue weighted by atomic mass is 16.6. The van der Waals surface area contributed by atoms with Crippen LogP contribution in [0.25, 0.3) is 0 Å². The maximum atomic E-state index is 11.2. The van der Waals surface area contributed by atoms with E-state index in [0.29, 0.717) is 18.8 Å². The summed E-state index contributed by atoms with van der Waals surface area (Å²) in [4.78, 5) is 11.2. The van der Waals surface area contributed by atoms with Gasteiger partial charge in [-0.3, -0.25) is 0 Å². The van der Waals surface area contributed by atoms with Crippen LogP contribution in [0, 0.1) is 0 Å². The molecule has 3 N–H and O–H groups in total. The van der Waals surface area contributed by atoms with Crippen LogP contribution in [-0.4, -0.2) is 30.3 Å². The average Bonchev–Trinajstić information content (AvgIpc) is 2.70. The summed E-state index contributed by atoms with van der Waals surface area (Å²) in [5, 5.41) is 10.0. The molecule has 1 aromatic rings. The zero-order valence-electron chi connectivity index (χ0n) is 10.3. The zero-order chi connectivity index (χ0) is 13.1. The molecule has 5 heteroatoms. The van der Waals surface area contributed by atoms with Gasteiger partial charge in [0.25, 0.3) is 0 Å². The Morgan fingerprint density at radius 1 is 1.50 bits per heavy atom. The van der Waals surface area contributed by atoms with Crippen molar-refractivity contribution in [2.75, 3.05) is 13.2 Å². The first kappa shape index (κ1) is 12.7. The third-order valence-corrected chi connectivity index (χ3v) is 2.94. The second kappa shape index (κ2) is 5.27. The van der Waals surface area contributed by atoms with E-state index in [1.165, 1.54) is 0 Å². The van der Waals surface area contributed by atoms with E-state index >= 15 is 0 Å². The highest BCUT2D eigenvalue weighted by Gasteiger charge is 2.23. The van der Waals surface area contributed by atoms with Crippen molar-refractivity contribution in [2.24, 2.45) is 5.73 Å². The van der Waals surface area contributed by atoms with Crippen LogP contribution in [0.5, 0.6) is 11.5 Å². The van der Waals surface area contributed by atoms with Crippen molar-refractivity contribution >= 4 is 5.97 Å². The summed E-state index contributed by atoms with van der Waals surface area (Å²) in [5.41, 5.74) is 7.71. The van der Waals surface area contributed by atoms with Gasteiger partial charge in [0, 0.05) is 11.6 Å². The fourth-order valence-electron chi connectivity index (χ4n) is 2.15. The Bertz CT molecular complexity index is 459. The molecule has 0 saturated heterocycles. The summed E-state index contributed by atoms with van der Waals surface area (Å²) in [6, 6.07) is 3.58. The molecule has 1 aliphatic rings. The molecule has 98 valence electrons. The van der Waals surface area contributed by atoms with Crippen molar-refractivity contribution in [1.82, 2.24) is 0 Å². The summed E-state index contributed by atoms with van der Waals surface area (Å²) in [7, 11) is 0. The second-order valence-electron chi connectivity index (χ2n) is 4.31. The van der Waals surface area contributed by atoms with E-state index in [0.717, 1.165) is 17.5 Å². The molecule has 0 saturated carbocycles. The number of hydrogen-bond acceptors (Lipinski definition) is 5. The van der Waals surface area contributed by atoms with Gasteiger partial charge in [0.05, 0.1) is 6.61 Å². The van der Waals surface area contributed by atoms with Crippen molar-refractivity contribution in [3.8, 4) is 11.5 Å². The summed E-state index contributed by atoms with van der Waals surface area (Å²) in [5.74, 6) is -0.0604. The van der Waals surface area contributed by atoms with Gasteiger partial charge in [0.2, 0.25) is 0 Å². The van der Waals surface area contributed by atoms with Gasteiger partial charge >= 0.3 is 5.97 Å². The maximum Gasteiger partial charge on any atom is 0.344 e. The van der Waals surface area contributed by atoms with Gasteiger partial charge < -0.3 is 20.3 Å². The van der Waals surface area contributed by atoms with Crippen molar-refractivity contribution in [3.63, 3.8) is 0 Å². The Kier molecular flexibility index (Phi) is 3.72. The monoisotopic (exact) mass is 251 g/mol. The molecular formula is C13H17NO4. The van der Waals surface area contributed by atoms with Crippen molar-refractivity contribution in [1.29, 1.82) is 0 Å². The van der Waals surface area contributed by atoms with Crippen LogP contribution < -0.4 is 10.5 Å². The summed E-state index contributed by atoms with van der Waals surface area (Å²) >= 11 is 0. The fraction of sp³-hybridized carbons (Fsp3) is 0.462. The lowest BCUT2D eigenvalue weighted by Gasteiger charge is -2.10. The first-order chi connectivity index (χ1) is 8.61. The van der Waals surface area contributed by atoms with E-state index in [2.05, 4.69) is 0 Å². The maximum absolute atomic E-state index is 11.2. The number of phenols is 1. The number of carbonyl (C=O) groups is 1. The van der Waals surface area contributed by atoms with Gasteiger partial charge in [-0.1, -0.05) is 6.07 Å². The molecule has 0 fully saturated rings. The number of hydrogen-bond donors (Lipinski definition) is 2.